The van der Waals surface area contributed by atoms with Crippen molar-refractivity contribution in [2.24, 2.45) is 0 Å². The van der Waals surface area contributed by atoms with Gasteiger partial charge in [-0.15, -0.1) is 10.2 Å². The molecular weight excluding hydrogens is 394 g/mol. The van der Waals surface area contributed by atoms with E-state index in [-0.39, 0.29) is 0 Å². The van der Waals surface area contributed by atoms with E-state index in [4.69, 9.17) is 0 Å². The van der Waals surface area contributed by atoms with Crippen LogP contribution in [0, 0.1) is 0 Å². The molecule has 0 amide bonds. The molecule has 0 fully saturated rings. The van der Waals surface area contributed by atoms with Crippen LogP contribution >= 0.6 is 0 Å². The molecule has 5 heteroatoms. The van der Waals surface area contributed by atoms with Gasteiger partial charge in [-0.25, -0.2) is 0 Å². The molecule has 2 N–H and O–H groups in total. The third-order valence-electron chi connectivity index (χ3n) is 5.92. The van der Waals surface area contributed by atoms with Crippen LogP contribution in [0.4, 0.5) is 0 Å². The number of nitrogens with zero attached hydrogens (tertiary/aromatic N) is 3. The smallest absolute Gasteiger partial charge is 0.113 e. The van der Waals surface area contributed by atoms with Gasteiger partial charge >= 0.3 is 0 Å². The highest BCUT2D eigenvalue weighted by Crippen LogP contribution is 2.36. The van der Waals surface area contributed by atoms with Gasteiger partial charge in [0.25, 0.3) is 0 Å². The van der Waals surface area contributed by atoms with Crippen LogP contribution in [-0.2, 0) is 0 Å². The number of aromatic nitrogens is 5. The lowest BCUT2D eigenvalue weighted by Crippen LogP contribution is -1.83. The minimum atomic E-state index is 0.762. The second-order valence-electron chi connectivity index (χ2n) is 7.74. The van der Waals surface area contributed by atoms with Crippen LogP contribution in [0.3, 0.4) is 0 Å². The third-order valence-corrected chi connectivity index (χ3v) is 5.92. The van der Waals surface area contributed by atoms with Crippen molar-refractivity contribution in [2.45, 2.75) is 0 Å². The SMILES string of the molecule is C=Cc1[nH]cc2c1/C(=C/c1ccc3c(/C=C4\C=Cc5c[nH]c(C=C)c54)nnc-3cn1)C=C2. The van der Waals surface area contributed by atoms with E-state index in [0.717, 1.165) is 67.4 Å². The minimum absolute atomic E-state index is 0.762. The first kappa shape index (κ1) is 18.3. The summed E-state index contributed by atoms with van der Waals surface area (Å²) in [6.07, 6.45) is 22.0. The summed E-state index contributed by atoms with van der Waals surface area (Å²) in [5.74, 6) is 0. The van der Waals surface area contributed by atoms with Gasteiger partial charge in [0.15, 0.2) is 0 Å². The minimum Gasteiger partial charge on any atom is -0.361 e. The van der Waals surface area contributed by atoms with Crippen molar-refractivity contribution in [3.05, 3.63) is 101 Å². The summed E-state index contributed by atoms with van der Waals surface area (Å²) < 4.78 is 0. The van der Waals surface area contributed by atoms with Crippen molar-refractivity contribution in [3.63, 3.8) is 0 Å². The van der Waals surface area contributed by atoms with Crippen molar-refractivity contribution in [3.8, 4) is 11.3 Å². The number of allylic oxidation sites excluding steroid dienone is 4. The Morgan fingerprint density at radius 2 is 1.41 bits per heavy atom. The van der Waals surface area contributed by atoms with Crippen LogP contribution in [-0.4, -0.2) is 25.1 Å². The van der Waals surface area contributed by atoms with Crippen LogP contribution in [0.15, 0.2) is 56.0 Å². The Morgan fingerprint density at radius 1 is 0.750 bits per heavy atom. The van der Waals surface area contributed by atoms with Crippen LogP contribution < -0.4 is 0 Å². The number of aromatic amines is 2. The molecule has 5 nitrogen and oxygen atoms in total. The Labute approximate surface area is 185 Å². The summed E-state index contributed by atoms with van der Waals surface area (Å²) in [6, 6.07) is 4.05. The lowest BCUT2D eigenvalue weighted by Gasteiger charge is -1.99. The lowest BCUT2D eigenvalue weighted by atomic mass is 10.0. The zero-order valence-electron chi connectivity index (χ0n) is 17.3. The van der Waals surface area contributed by atoms with E-state index in [2.05, 4.69) is 74.8 Å². The molecule has 0 saturated heterocycles. The summed E-state index contributed by atoms with van der Waals surface area (Å²) in [5, 5.41) is 8.75. The van der Waals surface area contributed by atoms with E-state index >= 15 is 0 Å². The average Bonchev–Trinajstić information content (AvgIpc) is 3.59. The predicted molar refractivity (Wildman–Crippen MR) is 132 cm³/mol. The van der Waals surface area contributed by atoms with Crippen LogP contribution in [0.2, 0.25) is 0 Å². The second-order valence-corrected chi connectivity index (χ2v) is 7.74. The molecule has 0 spiro atoms. The highest BCUT2D eigenvalue weighted by atomic mass is 15.1. The Kier molecular flexibility index (Phi) is 4.01. The molecule has 0 bridgehead atoms. The van der Waals surface area contributed by atoms with Crippen molar-refractivity contribution in [1.82, 2.24) is 25.1 Å². The molecule has 2 aliphatic heterocycles. The lowest BCUT2D eigenvalue weighted by molar-refractivity contribution is 1.08. The Balaban J connectivity index is 1.40. The van der Waals surface area contributed by atoms with E-state index < -0.39 is 0 Å². The zero-order chi connectivity index (χ0) is 21.7. The normalized spacial score (nSPS) is 16.2. The highest BCUT2D eigenvalue weighted by molar-refractivity contribution is 6.01. The van der Waals surface area contributed by atoms with E-state index in [1.165, 1.54) is 0 Å². The quantitative estimate of drug-likeness (QED) is 0.428. The zero-order valence-corrected chi connectivity index (χ0v) is 17.3. The molecule has 0 unspecified atom stereocenters. The number of H-pyrrole nitrogens is 2. The number of rotatable bonds is 4. The van der Waals surface area contributed by atoms with Crippen molar-refractivity contribution in [1.29, 1.82) is 0 Å². The van der Waals surface area contributed by atoms with E-state index in [1.807, 2.05) is 36.7 Å². The topological polar surface area (TPSA) is 70.2 Å². The van der Waals surface area contributed by atoms with Gasteiger partial charge in [0.1, 0.15) is 5.69 Å². The molecule has 32 heavy (non-hydrogen) atoms. The predicted octanol–water partition coefficient (Wildman–Crippen LogP) is 6.05. The number of hydrogen-bond acceptors (Lipinski definition) is 3. The highest BCUT2D eigenvalue weighted by Gasteiger charge is 2.19. The summed E-state index contributed by atoms with van der Waals surface area (Å²) in [4.78, 5) is 11.2. The first-order valence-electron chi connectivity index (χ1n) is 10.4. The summed E-state index contributed by atoms with van der Waals surface area (Å²) in [5.41, 5.74) is 12.2. The summed E-state index contributed by atoms with van der Waals surface area (Å²) >= 11 is 0. The molecule has 4 heterocycles. The fourth-order valence-electron chi connectivity index (χ4n) is 4.37. The van der Waals surface area contributed by atoms with Crippen LogP contribution in [0.5, 0.6) is 0 Å². The van der Waals surface area contributed by atoms with E-state index in [9.17, 15) is 0 Å². The molecule has 2 aromatic rings. The molecule has 0 atom stereocenters. The molecule has 4 aliphatic rings. The molecule has 2 aliphatic carbocycles. The standard InChI is InChI=1S/C27H19N5/c1-3-22-26-16(5-7-18(26)13-29-22)11-20-9-10-21-24(31-32-25(21)15-28-20)12-17-6-8-19-14-30-23(4-2)27(17)19/h3-15,29-30H,1-2H2/b16-11+,17-12+. The molecule has 2 aromatic heterocycles. The summed E-state index contributed by atoms with van der Waals surface area (Å²) in [7, 11) is 0. The largest absolute Gasteiger partial charge is 0.361 e. The molecular formula is C27H19N5. The second kappa shape index (κ2) is 7.03. The average molecular weight is 413 g/mol. The Bertz CT molecular complexity index is 1500. The fourth-order valence-corrected chi connectivity index (χ4v) is 4.37. The maximum Gasteiger partial charge on any atom is 0.113 e. The monoisotopic (exact) mass is 413 g/mol. The van der Waals surface area contributed by atoms with E-state index in [0.29, 0.717) is 0 Å². The number of hydrogen-bond donors (Lipinski definition) is 2. The fraction of sp³-hybridized carbons (Fsp3) is 0. The molecule has 0 radical (unpaired) electrons. The van der Waals surface area contributed by atoms with Crippen molar-refractivity contribution in [2.75, 3.05) is 0 Å². The van der Waals surface area contributed by atoms with Gasteiger partial charge in [-0.3, -0.25) is 4.98 Å². The molecule has 152 valence electrons. The third kappa shape index (κ3) is 2.76. The van der Waals surface area contributed by atoms with Gasteiger partial charge in [0, 0.05) is 51.6 Å². The van der Waals surface area contributed by atoms with Gasteiger partial charge in [0.2, 0.25) is 0 Å². The van der Waals surface area contributed by atoms with Gasteiger partial charge in [-0.2, -0.15) is 0 Å². The van der Waals surface area contributed by atoms with Gasteiger partial charge in [0.05, 0.1) is 17.6 Å². The van der Waals surface area contributed by atoms with Gasteiger partial charge < -0.3 is 9.97 Å². The first-order chi connectivity index (χ1) is 15.7. The first-order valence-corrected chi connectivity index (χ1v) is 10.4. The number of nitrogens with one attached hydrogen (secondary N) is 2. The van der Waals surface area contributed by atoms with E-state index in [1.54, 1.807) is 6.20 Å². The Morgan fingerprint density at radius 3 is 2.06 bits per heavy atom. The Hall–Kier alpha value is -4.51. The van der Waals surface area contributed by atoms with Gasteiger partial charge in [-0.05, 0) is 47.6 Å². The van der Waals surface area contributed by atoms with Crippen molar-refractivity contribution < 1.29 is 0 Å². The van der Waals surface area contributed by atoms with Crippen LogP contribution in [0.25, 0.3) is 58.9 Å². The maximum absolute atomic E-state index is 4.64. The molecule has 6 rings (SSSR count). The summed E-state index contributed by atoms with van der Waals surface area (Å²) in [6.45, 7) is 7.80. The molecule has 0 aromatic carbocycles. The van der Waals surface area contributed by atoms with Gasteiger partial charge in [-0.1, -0.05) is 37.5 Å². The van der Waals surface area contributed by atoms with Crippen molar-refractivity contribution >= 4 is 47.6 Å². The maximum atomic E-state index is 4.64. The molecule has 0 saturated carbocycles. The number of fused-ring (bicyclic) bond motifs is 3. The van der Waals surface area contributed by atoms with Crippen LogP contribution in [0.1, 0.15) is 45.0 Å².